The molecule has 0 aliphatic carbocycles. The summed E-state index contributed by atoms with van der Waals surface area (Å²) in [6.45, 7) is 5.03. The van der Waals surface area contributed by atoms with Crippen molar-refractivity contribution in [3.63, 3.8) is 0 Å². The van der Waals surface area contributed by atoms with E-state index in [0.717, 1.165) is 17.3 Å². The fourth-order valence-corrected chi connectivity index (χ4v) is 2.18. The molecule has 0 fully saturated rings. The number of para-hydroxylation sites is 1. The van der Waals surface area contributed by atoms with Gasteiger partial charge in [-0.2, -0.15) is 0 Å². The number of nitrogens with one attached hydrogen (secondary N) is 1. The quantitative estimate of drug-likeness (QED) is 0.835. The zero-order chi connectivity index (χ0) is 12.3. The van der Waals surface area contributed by atoms with Gasteiger partial charge in [-0.05, 0) is 31.5 Å². The first-order valence-corrected chi connectivity index (χ1v) is 6.08. The standard InChI is InChI=1S/C15H16ClN/c1-11-7-12(2)9-13(8-11)10-17-15-6-4-3-5-14(15)16/h3-9,17H,10H2,1-2H3. The van der Waals surface area contributed by atoms with Crippen LogP contribution < -0.4 is 5.32 Å². The van der Waals surface area contributed by atoms with E-state index in [1.165, 1.54) is 16.7 Å². The SMILES string of the molecule is Cc1cc(C)cc(CNc2ccccc2Cl)c1. The maximum atomic E-state index is 6.09. The molecular formula is C15H16ClN. The molecule has 2 rings (SSSR count). The van der Waals surface area contributed by atoms with Crippen molar-refractivity contribution < 1.29 is 0 Å². The van der Waals surface area contributed by atoms with Crippen molar-refractivity contribution in [3.05, 3.63) is 64.2 Å². The van der Waals surface area contributed by atoms with Crippen LogP contribution in [0.5, 0.6) is 0 Å². The van der Waals surface area contributed by atoms with Crippen molar-refractivity contribution in [1.82, 2.24) is 0 Å². The highest BCUT2D eigenvalue weighted by Gasteiger charge is 1.99. The molecule has 0 saturated carbocycles. The summed E-state index contributed by atoms with van der Waals surface area (Å²) in [5.74, 6) is 0. The summed E-state index contributed by atoms with van der Waals surface area (Å²) in [4.78, 5) is 0. The number of aryl methyl sites for hydroxylation is 2. The molecule has 88 valence electrons. The van der Waals surface area contributed by atoms with Gasteiger partial charge in [-0.25, -0.2) is 0 Å². The molecule has 0 atom stereocenters. The van der Waals surface area contributed by atoms with Gasteiger partial charge in [-0.15, -0.1) is 0 Å². The van der Waals surface area contributed by atoms with Crippen LogP contribution in [0.1, 0.15) is 16.7 Å². The fourth-order valence-electron chi connectivity index (χ4n) is 1.97. The molecular weight excluding hydrogens is 230 g/mol. The van der Waals surface area contributed by atoms with E-state index in [4.69, 9.17) is 11.6 Å². The lowest BCUT2D eigenvalue weighted by molar-refractivity contribution is 1.13. The Hall–Kier alpha value is -1.47. The Labute approximate surface area is 107 Å². The molecule has 2 aromatic carbocycles. The minimum absolute atomic E-state index is 0.761. The number of anilines is 1. The van der Waals surface area contributed by atoms with E-state index < -0.39 is 0 Å². The highest BCUT2D eigenvalue weighted by atomic mass is 35.5. The first-order valence-electron chi connectivity index (χ1n) is 5.71. The number of hydrogen-bond acceptors (Lipinski definition) is 1. The van der Waals surface area contributed by atoms with Gasteiger partial charge in [-0.3, -0.25) is 0 Å². The van der Waals surface area contributed by atoms with Crippen molar-refractivity contribution in [3.8, 4) is 0 Å². The average Bonchev–Trinajstić information content (AvgIpc) is 2.27. The van der Waals surface area contributed by atoms with Crippen LogP contribution in [-0.4, -0.2) is 0 Å². The van der Waals surface area contributed by atoms with Crippen LogP contribution in [0, 0.1) is 13.8 Å². The number of benzene rings is 2. The second-order valence-corrected chi connectivity index (χ2v) is 4.74. The Morgan fingerprint density at radius 2 is 1.65 bits per heavy atom. The van der Waals surface area contributed by atoms with Crippen LogP contribution in [0.2, 0.25) is 5.02 Å². The molecule has 0 aromatic heterocycles. The minimum Gasteiger partial charge on any atom is -0.380 e. The van der Waals surface area contributed by atoms with Gasteiger partial charge in [0.05, 0.1) is 10.7 Å². The van der Waals surface area contributed by atoms with Crippen LogP contribution >= 0.6 is 11.6 Å². The molecule has 17 heavy (non-hydrogen) atoms. The largest absolute Gasteiger partial charge is 0.380 e. The van der Waals surface area contributed by atoms with Gasteiger partial charge in [0, 0.05) is 6.54 Å². The molecule has 0 saturated heterocycles. The topological polar surface area (TPSA) is 12.0 Å². The molecule has 1 N–H and O–H groups in total. The van der Waals surface area contributed by atoms with Gasteiger partial charge >= 0.3 is 0 Å². The third-order valence-corrected chi connectivity index (χ3v) is 2.97. The summed E-state index contributed by atoms with van der Waals surface area (Å²) >= 11 is 6.09. The lowest BCUT2D eigenvalue weighted by Gasteiger charge is -2.09. The first-order chi connectivity index (χ1) is 8.15. The van der Waals surface area contributed by atoms with E-state index in [0.29, 0.717) is 0 Å². The third-order valence-electron chi connectivity index (χ3n) is 2.64. The van der Waals surface area contributed by atoms with E-state index in [9.17, 15) is 0 Å². The monoisotopic (exact) mass is 245 g/mol. The molecule has 0 aliphatic heterocycles. The summed E-state index contributed by atoms with van der Waals surface area (Å²) in [7, 11) is 0. The Morgan fingerprint density at radius 3 is 2.29 bits per heavy atom. The molecule has 2 heteroatoms. The molecule has 2 aromatic rings. The highest BCUT2D eigenvalue weighted by molar-refractivity contribution is 6.33. The molecule has 0 spiro atoms. The maximum Gasteiger partial charge on any atom is 0.0637 e. The predicted octanol–water partition coefficient (Wildman–Crippen LogP) is 4.57. The summed E-state index contributed by atoms with van der Waals surface area (Å²) < 4.78 is 0. The second kappa shape index (κ2) is 5.24. The molecule has 0 unspecified atom stereocenters. The van der Waals surface area contributed by atoms with Crippen LogP contribution in [0.25, 0.3) is 0 Å². The van der Waals surface area contributed by atoms with Crippen molar-refractivity contribution >= 4 is 17.3 Å². The van der Waals surface area contributed by atoms with Gasteiger partial charge in [0.15, 0.2) is 0 Å². The minimum atomic E-state index is 0.761. The summed E-state index contributed by atoms with van der Waals surface area (Å²) in [6.07, 6.45) is 0. The number of hydrogen-bond donors (Lipinski definition) is 1. The van der Waals surface area contributed by atoms with Gasteiger partial charge < -0.3 is 5.32 Å². The summed E-state index contributed by atoms with van der Waals surface area (Å²) in [5, 5.41) is 4.11. The predicted molar refractivity (Wildman–Crippen MR) is 74.7 cm³/mol. The lowest BCUT2D eigenvalue weighted by atomic mass is 10.1. The Bertz CT molecular complexity index is 500. The molecule has 0 radical (unpaired) electrons. The van der Waals surface area contributed by atoms with E-state index in [1.54, 1.807) is 0 Å². The van der Waals surface area contributed by atoms with Crippen molar-refractivity contribution in [1.29, 1.82) is 0 Å². The third kappa shape index (κ3) is 3.24. The van der Waals surface area contributed by atoms with Crippen LogP contribution in [0.15, 0.2) is 42.5 Å². The number of rotatable bonds is 3. The smallest absolute Gasteiger partial charge is 0.0637 e. The van der Waals surface area contributed by atoms with E-state index in [-0.39, 0.29) is 0 Å². The van der Waals surface area contributed by atoms with Crippen molar-refractivity contribution in [2.75, 3.05) is 5.32 Å². The molecule has 0 amide bonds. The normalized spacial score (nSPS) is 10.3. The van der Waals surface area contributed by atoms with Crippen LogP contribution in [0.3, 0.4) is 0 Å². The van der Waals surface area contributed by atoms with E-state index in [1.807, 2.05) is 24.3 Å². The Balaban J connectivity index is 2.10. The average molecular weight is 246 g/mol. The van der Waals surface area contributed by atoms with Crippen molar-refractivity contribution in [2.24, 2.45) is 0 Å². The van der Waals surface area contributed by atoms with Crippen molar-refractivity contribution in [2.45, 2.75) is 20.4 Å². The van der Waals surface area contributed by atoms with Crippen LogP contribution in [0.4, 0.5) is 5.69 Å². The second-order valence-electron chi connectivity index (χ2n) is 4.33. The van der Waals surface area contributed by atoms with Gasteiger partial charge in [0.25, 0.3) is 0 Å². The number of halogens is 1. The van der Waals surface area contributed by atoms with E-state index >= 15 is 0 Å². The summed E-state index contributed by atoms with van der Waals surface area (Å²) in [5.41, 5.74) is 4.85. The summed E-state index contributed by atoms with van der Waals surface area (Å²) in [6, 6.07) is 14.4. The zero-order valence-corrected chi connectivity index (χ0v) is 10.9. The Kier molecular flexibility index (Phi) is 3.70. The highest BCUT2D eigenvalue weighted by Crippen LogP contribution is 2.21. The molecule has 0 bridgehead atoms. The van der Waals surface area contributed by atoms with E-state index in [2.05, 4.69) is 37.4 Å². The lowest BCUT2D eigenvalue weighted by Crippen LogP contribution is -2.00. The first kappa shape index (κ1) is 12.0. The molecule has 0 heterocycles. The maximum absolute atomic E-state index is 6.09. The Morgan fingerprint density at radius 1 is 1.00 bits per heavy atom. The molecule has 1 nitrogen and oxygen atoms in total. The molecule has 0 aliphatic rings. The van der Waals surface area contributed by atoms with Gasteiger partial charge in [-0.1, -0.05) is 53.1 Å². The zero-order valence-electron chi connectivity index (χ0n) is 10.1. The van der Waals surface area contributed by atoms with Gasteiger partial charge in [0.1, 0.15) is 0 Å². The van der Waals surface area contributed by atoms with Gasteiger partial charge in [0.2, 0.25) is 0 Å². The van der Waals surface area contributed by atoms with Crippen LogP contribution in [-0.2, 0) is 6.54 Å². The fraction of sp³-hybridized carbons (Fsp3) is 0.200.